The number of carbonyl (C=O) groups is 2. The highest BCUT2D eigenvalue weighted by molar-refractivity contribution is 7.89. The number of nitrogens with one attached hydrogen (secondary N) is 1. The monoisotopic (exact) mass is 398 g/mol. The first-order valence-corrected chi connectivity index (χ1v) is 10.4. The lowest BCUT2D eigenvalue weighted by molar-refractivity contribution is -0.149. The van der Waals surface area contributed by atoms with Gasteiger partial charge in [0.25, 0.3) is 5.91 Å². The van der Waals surface area contributed by atoms with Crippen molar-refractivity contribution in [1.82, 2.24) is 9.62 Å². The zero-order chi connectivity index (χ0) is 20.0. The van der Waals surface area contributed by atoms with Gasteiger partial charge in [-0.2, -0.15) is 4.31 Å². The van der Waals surface area contributed by atoms with E-state index in [1.807, 2.05) is 0 Å². The van der Waals surface area contributed by atoms with Crippen LogP contribution in [0.2, 0.25) is 0 Å². The first-order valence-electron chi connectivity index (χ1n) is 8.98. The highest BCUT2D eigenvalue weighted by Crippen LogP contribution is 2.28. The van der Waals surface area contributed by atoms with Gasteiger partial charge in [-0.05, 0) is 44.9 Å². The Morgan fingerprint density at radius 3 is 2.44 bits per heavy atom. The molecule has 150 valence electrons. The number of methoxy groups -OCH3 is 1. The number of piperidine rings is 1. The SMILES string of the molecule is CCNC(=O)c1cc(S(=O)(=O)N2CCC(C(=O)OCC)CC2)ccc1OC. The molecule has 1 aromatic rings. The van der Waals surface area contributed by atoms with Gasteiger partial charge in [0.1, 0.15) is 5.75 Å². The minimum Gasteiger partial charge on any atom is -0.496 e. The van der Waals surface area contributed by atoms with Crippen LogP contribution >= 0.6 is 0 Å². The third kappa shape index (κ3) is 4.78. The second-order valence-electron chi connectivity index (χ2n) is 6.15. The molecule has 0 saturated carbocycles. The van der Waals surface area contributed by atoms with Gasteiger partial charge in [-0.3, -0.25) is 9.59 Å². The molecule has 1 N–H and O–H groups in total. The van der Waals surface area contributed by atoms with Gasteiger partial charge in [-0.1, -0.05) is 0 Å². The fourth-order valence-corrected chi connectivity index (χ4v) is 4.52. The van der Waals surface area contributed by atoms with Gasteiger partial charge in [0, 0.05) is 19.6 Å². The maximum atomic E-state index is 13.0. The second-order valence-corrected chi connectivity index (χ2v) is 8.09. The Morgan fingerprint density at radius 2 is 1.89 bits per heavy atom. The van der Waals surface area contributed by atoms with Crippen LogP contribution in [0.3, 0.4) is 0 Å². The van der Waals surface area contributed by atoms with Gasteiger partial charge in [0.15, 0.2) is 0 Å². The molecular formula is C18H26N2O6S. The van der Waals surface area contributed by atoms with Gasteiger partial charge >= 0.3 is 5.97 Å². The fourth-order valence-electron chi connectivity index (χ4n) is 3.02. The van der Waals surface area contributed by atoms with Crippen LogP contribution < -0.4 is 10.1 Å². The summed E-state index contributed by atoms with van der Waals surface area (Å²) in [6.45, 7) is 4.71. The molecule has 1 saturated heterocycles. The number of nitrogens with zero attached hydrogens (tertiary/aromatic N) is 1. The summed E-state index contributed by atoms with van der Waals surface area (Å²) in [7, 11) is -2.35. The van der Waals surface area contributed by atoms with Crippen molar-refractivity contribution in [2.24, 2.45) is 5.92 Å². The summed E-state index contributed by atoms with van der Waals surface area (Å²) in [5, 5.41) is 2.65. The molecule has 2 rings (SSSR count). The number of hydrogen-bond acceptors (Lipinski definition) is 6. The predicted molar refractivity (Wildman–Crippen MR) is 99.1 cm³/mol. The summed E-state index contributed by atoms with van der Waals surface area (Å²) < 4.78 is 37.4. The summed E-state index contributed by atoms with van der Waals surface area (Å²) >= 11 is 0. The Bertz CT molecular complexity index is 785. The minimum atomic E-state index is -3.77. The van der Waals surface area contributed by atoms with E-state index in [-0.39, 0.29) is 35.4 Å². The molecule has 8 nitrogen and oxygen atoms in total. The van der Waals surface area contributed by atoms with Gasteiger partial charge in [0.2, 0.25) is 10.0 Å². The summed E-state index contributed by atoms with van der Waals surface area (Å²) in [5.74, 6) is -0.649. The van der Waals surface area contributed by atoms with Gasteiger partial charge < -0.3 is 14.8 Å². The molecule has 0 spiro atoms. The molecule has 1 aliphatic rings. The van der Waals surface area contributed by atoms with E-state index in [0.29, 0.717) is 31.7 Å². The molecule has 1 aliphatic heterocycles. The summed E-state index contributed by atoms with van der Waals surface area (Å²) in [4.78, 5) is 24.1. The zero-order valence-corrected chi connectivity index (χ0v) is 16.7. The molecule has 1 heterocycles. The average molecular weight is 398 g/mol. The smallest absolute Gasteiger partial charge is 0.309 e. The number of esters is 1. The first kappa shape index (κ1) is 21.2. The van der Waals surface area contributed by atoms with Gasteiger partial charge in [-0.15, -0.1) is 0 Å². The molecule has 0 unspecified atom stereocenters. The van der Waals surface area contributed by atoms with Crippen molar-refractivity contribution in [2.75, 3.05) is 33.4 Å². The number of rotatable bonds is 7. The number of hydrogen-bond donors (Lipinski definition) is 1. The van der Waals surface area contributed by atoms with Crippen LogP contribution in [-0.2, 0) is 19.6 Å². The molecule has 0 atom stereocenters. The quantitative estimate of drug-likeness (QED) is 0.697. The van der Waals surface area contributed by atoms with Gasteiger partial charge in [0.05, 0.1) is 30.1 Å². The average Bonchev–Trinajstić information content (AvgIpc) is 2.67. The molecule has 1 fully saturated rings. The predicted octanol–water partition coefficient (Wildman–Crippen LogP) is 1.41. The molecule has 0 bridgehead atoms. The lowest BCUT2D eigenvalue weighted by atomic mass is 9.98. The van der Waals surface area contributed by atoms with E-state index in [1.54, 1.807) is 13.8 Å². The highest BCUT2D eigenvalue weighted by Gasteiger charge is 2.33. The lowest BCUT2D eigenvalue weighted by Crippen LogP contribution is -2.40. The van der Waals surface area contributed by atoms with Crippen LogP contribution in [0.1, 0.15) is 37.0 Å². The van der Waals surface area contributed by atoms with Crippen molar-refractivity contribution in [2.45, 2.75) is 31.6 Å². The highest BCUT2D eigenvalue weighted by atomic mass is 32.2. The van der Waals surface area contributed by atoms with Crippen molar-refractivity contribution < 1.29 is 27.5 Å². The maximum absolute atomic E-state index is 13.0. The summed E-state index contributed by atoms with van der Waals surface area (Å²) in [6.07, 6.45) is 0.828. The number of amides is 1. The van der Waals surface area contributed by atoms with E-state index in [2.05, 4.69) is 5.32 Å². The van der Waals surface area contributed by atoms with E-state index >= 15 is 0 Å². The molecule has 0 aliphatic carbocycles. The molecule has 1 amide bonds. The second kappa shape index (κ2) is 9.18. The Morgan fingerprint density at radius 1 is 1.22 bits per heavy atom. The zero-order valence-electron chi connectivity index (χ0n) is 15.9. The van der Waals surface area contributed by atoms with Crippen LogP contribution in [0.4, 0.5) is 0 Å². The third-order valence-corrected chi connectivity index (χ3v) is 6.36. The van der Waals surface area contributed by atoms with Crippen molar-refractivity contribution in [1.29, 1.82) is 0 Å². The van der Waals surface area contributed by atoms with Crippen LogP contribution in [0.15, 0.2) is 23.1 Å². The van der Waals surface area contributed by atoms with Crippen LogP contribution in [0.5, 0.6) is 5.75 Å². The Kier molecular flexibility index (Phi) is 7.20. The van der Waals surface area contributed by atoms with E-state index < -0.39 is 15.9 Å². The summed E-state index contributed by atoms with van der Waals surface area (Å²) in [5.41, 5.74) is 0.168. The van der Waals surface area contributed by atoms with E-state index in [4.69, 9.17) is 9.47 Å². The van der Waals surface area contributed by atoms with Crippen LogP contribution in [0.25, 0.3) is 0 Å². The van der Waals surface area contributed by atoms with E-state index in [0.717, 1.165) is 0 Å². The van der Waals surface area contributed by atoms with Crippen molar-refractivity contribution >= 4 is 21.9 Å². The van der Waals surface area contributed by atoms with Gasteiger partial charge in [-0.25, -0.2) is 8.42 Å². The first-order chi connectivity index (χ1) is 12.8. The molecule has 0 aromatic heterocycles. The third-order valence-electron chi connectivity index (χ3n) is 4.46. The Balaban J connectivity index is 2.21. The Labute approximate surface area is 159 Å². The largest absolute Gasteiger partial charge is 0.496 e. The van der Waals surface area contributed by atoms with E-state index in [9.17, 15) is 18.0 Å². The van der Waals surface area contributed by atoms with Crippen molar-refractivity contribution in [3.05, 3.63) is 23.8 Å². The van der Waals surface area contributed by atoms with E-state index in [1.165, 1.54) is 29.6 Å². The minimum absolute atomic E-state index is 0.0270. The molecule has 9 heteroatoms. The number of carbonyl (C=O) groups excluding carboxylic acids is 2. The van der Waals surface area contributed by atoms with Crippen molar-refractivity contribution in [3.8, 4) is 5.75 Å². The topological polar surface area (TPSA) is 102 Å². The number of sulfonamides is 1. The maximum Gasteiger partial charge on any atom is 0.309 e. The molecule has 0 radical (unpaired) electrons. The lowest BCUT2D eigenvalue weighted by Gasteiger charge is -2.30. The summed E-state index contributed by atoms with van der Waals surface area (Å²) in [6, 6.07) is 4.23. The standard InChI is InChI=1S/C18H26N2O6S/c1-4-19-17(21)15-12-14(6-7-16(15)25-3)27(23,24)20-10-8-13(9-11-20)18(22)26-5-2/h6-7,12-13H,4-5,8-11H2,1-3H3,(H,19,21). The van der Waals surface area contributed by atoms with Crippen LogP contribution in [-0.4, -0.2) is 58.0 Å². The number of benzene rings is 1. The van der Waals surface area contributed by atoms with Crippen LogP contribution in [0, 0.1) is 5.92 Å². The fraction of sp³-hybridized carbons (Fsp3) is 0.556. The normalized spacial score (nSPS) is 16.0. The molecule has 1 aromatic carbocycles. The molecule has 27 heavy (non-hydrogen) atoms. The molecular weight excluding hydrogens is 372 g/mol. The van der Waals surface area contributed by atoms with Crippen molar-refractivity contribution in [3.63, 3.8) is 0 Å². The number of ether oxygens (including phenoxy) is 2. The Hall–Kier alpha value is -2.13.